The molecule has 3 N–H and O–H groups in total. The van der Waals surface area contributed by atoms with Crippen molar-refractivity contribution in [3.05, 3.63) is 0 Å². The van der Waals surface area contributed by atoms with E-state index >= 15 is 0 Å². The van der Waals surface area contributed by atoms with Crippen molar-refractivity contribution in [2.24, 2.45) is 17.6 Å². The van der Waals surface area contributed by atoms with Crippen LogP contribution in [0.4, 0.5) is 0 Å². The van der Waals surface area contributed by atoms with Crippen molar-refractivity contribution in [3.8, 4) is 0 Å². The van der Waals surface area contributed by atoms with Crippen LogP contribution in [0.5, 0.6) is 0 Å². The second-order valence-corrected chi connectivity index (χ2v) is 3.06. The van der Waals surface area contributed by atoms with Crippen molar-refractivity contribution in [3.63, 3.8) is 0 Å². The van der Waals surface area contributed by atoms with E-state index in [1.54, 1.807) is 0 Å². The normalized spacial score (nSPS) is 16.9. The minimum atomic E-state index is 0. The highest BCUT2D eigenvalue weighted by atomic mass is 14.7. The first-order chi connectivity index (χ1) is 4.63. The predicted octanol–water partition coefficient (Wildman–Crippen LogP) is 1.89. The van der Waals surface area contributed by atoms with E-state index in [9.17, 15) is 0 Å². The van der Waals surface area contributed by atoms with Gasteiger partial charge >= 0.3 is 0 Å². The summed E-state index contributed by atoms with van der Waals surface area (Å²) in [7, 11) is 0. The van der Waals surface area contributed by atoms with Gasteiger partial charge in [-0.25, -0.2) is 0 Å². The van der Waals surface area contributed by atoms with Gasteiger partial charge in [-0.1, -0.05) is 20.8 Å². The van der Waals surface area contributed by atoms with E-state index in [1.165, 1.54) is 6.21 Å². The van der Waals surface area contributed by atoms with Gasteiger partial charge < -0.3 is 11.1 Å². The molecule has 2 nitrogen and oxygen atoms in total. The third-order valence-corrected chi connectivity index (χ3v) is 1.95. The molecule has 0 spiro atoms. The molecule has 2 heteroatoms. The SMILES string of the molecule is CCC(C=N)C(N)C(C)C.[HH]. The van der Waals surface area contributed by atoms with Crippen LogP contribution in [0.25, 0.3) is 0 Å². The Morgan fingerprint density at radius 3 is 2.20 bits per heavy atom. The molecule has 2 unspecified atom stereocenters. The molecule has 0 saturated heterocycles. The van der Waals surface area contributed by atoms with Crippen molar-refractivity contribution in [2.45, 2.75) is 33.2 Å². The zero-order chi connectivity index (χ0) is 8.15. The third-order valence-electron chi connectivity index (χ3n) is 1.95. The smallest absolute Gasteiger partial charge is 0.0140 e. The molecule has 10 heavy (non-hydrogen) atoms. The van der Waals surface area contributed by atoms with Crippen LogP contribution < -0.4 is 5.73 Å². The van der Waals surface area contributed by atoms with Crippen LogP contribution in [0.3, 0.4) is 0 Å². The van der Waals surface area contributed by atoms with E-state index < -0.39 is 0 Å². The van der Waals surface area contributed by atoms with Gasteiger partial charge in [-0.3, -0.25) is 0 Å². The van der Waals surface area contributed by atoms with Crippen LogP contribution in [-0.4, -0.2) is 12.3 Å². The van der Waals surface area contributed by atoms with Gasteiger partial charge in [0.1, 0.15) is 0 Å². The monoisotopic (exact) mass is 144 g/mol. The van der Waals surface area contributed by atoms with Crippen molar-refractivity contribution in [2.75, 3.05) is 0 Å². The van der Waals surface area contributed by atoms with E-state index in [2.05, 4.69) is 20.8 Å². The molecular weight excluding hydrogens is 124 g/mol. The molecule has 0 heterocycles. The van der Waals surface area contributed by atoms with Crippen molar-refractivity contribution in [1.82, 2.24) is 0 Å². The van der Waals surface area contributed by atoms with E-state index in [0.717, 1.165) is 6.42 Å². The second kappa shape index (κ2) is 4.45. The number of hydrogen-bond acceptors (Lipinski definition) is 2. The Morgan fingerprint density at radius 1 is 1.60 bits per heavy atom. The lowest BCUT2D eigenvalue weighted by atomic mass is 9.90. The third kappa shape index (κ3) is 2.48. The molecule has 0 fully saturated rings. The summed E-state index contributed by atoms with van der Waals surface area (Å²) in [5.74, 6) is 0.742. The standard InChI is InChI=1S/C8H18N2.H2/c1-4-7(5-9)8(10)6(2)3;/h5-9H,4,10H2,1-3H3;1H. The van der Waals surface area contributed by atoms with Gasteiger partial charge in [0, 0.05) is 13.4 Å². The average molecular weight is 144 g/mol. The van der Waals surface area contributed by atoms with Gasteiger partial charge in [-0.05, 0) is 18.6 Å². The minimum Gasteiger partial charge on any atom is -0.327 e. The molecular formula is C8H20N2. The van der Waals surface area contributed by atoms with Gasteiger partial charge in [-0.15, -0.1) is 0 Å². The Labute approximate surface area is 64.8 Å². The molecule has 0 aliphatic carbocycles. The summed E-state index contributed by atoms with van der Waals surface area (Å²) in [6.07, 6.45) is 2.44. The second-order valence-electron chi connectivity index (χ2n) is 3.06. The molecule has 0 rings (SSSR count). The highest BCUT2D eigenvalue weighted by molar-refractivity contribution is 5.57. The molecule has 0 aliphatic rings. The van der Waals surface area contributed by atoms with Gasteiger partial charge in [0.25, 0.3) is 0 Å². The molecule has 0 aromatic rings. The summed E-state index contributed by atoms with van der Waals surface area (Å²) in [5.41, 5.74) is 5.83. The van der Waals surface area contributed by atoms with Crippen molar-refractivity contribution >= 4 is 6.21 Å². The fourth-order valence-electron chi connectivity index (χ4n) is 0.996. The average Bonchev–Trinajstić information content (AvgIpc) is 1.90. The van der Waals surface area contributed by atoms with E-state index in [0.29, 0.717) is 5.92 Å². The van der Waals surface area contributed by atoms with Crippen LogP contribution in [0.15, 0.2) is 0 Å². The summed E-state index contributed by atoms with van der Waals surface area (Å²) >= 11 is 0. The number of nitrogens with one attached hydrogen (secondary N) is 1. The molecule has 0 aromatic carbocycles. The maximum atomic E-state index is 7.08. The van der Waals surface area contributed by atoms with E-state index in [-0.39, 0.29) is 13.4 Å². The van der Waals surface area contributed by atoms with Gasteiger partial charge in [0.2, 0.25) is 0 Å². The van der Waals surface area contributed by atoms with Crippen molar-refractivity contribution in [1.29, 1.82) is 5.41 Å². The quantitative estimate of drug-likeness (QED) is 0.582. The fourth-order valence-corrected chi connectivity index (χ4v) is 0.996. The predicted molar refractivity (Wildman–Crippen MR) is 47.5 cm³/mol. The lowest BCUT2D eigenvalue weighted by Crippen LogP contribution is -2.35. The molecule has 0 saturated carbocycles. The first-order valence-electron chi connectivity index (χ1n) is 3.89. The van der Waals surface area contributed by atoms with Crippen LogP contribution in [-0.2, 0) is 0 Å². The van der Waals surface area contributed by atoms with Gasteiger partial charge in [0.05, 0.1) is 0 Å². The highest BCUT2D eigenvalue weighted by Crippen LogP contribution is 2.11. The summed E-state index contributed by atoms with van der Waals surface area (Å²) in [6.45, 7) is 6.26. The molecule has 62 valence electrons. The molecule has 0 aliphatic heterocycles. The summed E-state index contributed by atoms with van der Waals surface area (Å²) in [4.78, 5) is 0. The molecule has 0 aromatic heterocycles. The zero-order valence-electron chi connectivity index (χ0n) is 7.09. The Morgan fingerprint density at radius 2 is 2.10 bits per heavy atom. The Hall–Kier alpha value is -0.370. The van der Waals surface area contributed by atoms with Crippen LogP contribution in [0, 0.1) is 17.2 Å². The largest absolute Gasteiger partial charge is 0.327 e. The first kappa shape index (κ1) is 9.63. The van der Waals surface area contributed by atoms with E-state index in [1.807, 2.05) is 0 Å². The maximum Gasteiger partial charge on any atom is 0.0140 e. The Balaban J connectivity index is 0. The Bertz CT molecular complexity index is 104. The van der Waals surface area contributed by atoms with Crippen LogP contribution in [0.1, 0.15) is 28.6 Å². The van der Waals surface area contributed by atoms with Crippen molar-refractivity contribution < 1.29 is 1.43 Å². The molecule has 2 atom stereocenters. The summed E-state index contributed by atoms with van der Waals surface area (Å²) in [5, 5.41) is 7.08. The summed E-state index contributed by atoms with van der Waals surface area (Å²) < 4.78 is 0. The molecule has 0 bridgehead atoms. The maximum absolute atomic E-state index is 7.08. The van der Waals surface area contributed by atoms with Gasteiger partial charge in [-0.2, -0.15) is 0 Å². The first-order valence-corrected chi connectivity index (χ1v) is 3.89. The minimum absolute atomic E-state index is 0. The zero-order valence-corrected chi connectivity index (χ0v) is 7.09. The Kier molecular flexibility index (Phi) is 4.28. The number of hydrogen-bond donors (Lipinski definition) is 2. The highest BCUT2D eigenvalue weighted by Gasteiger charge is 2.15. The summed E-state index contributed by atoms with van der Waals surface area (Å²) in [6, 6.07) is 0.155. The van der Waals surface area contributed by atoms with Crippen LogP contribution >= 0.6 is 0 Å². The fraction of sp³-hybridized carbons (Fsp3) is 0.875. The number of nitrogens with two attached hydrogens (primary N) is 1. The molecule has 0 radical (unpaired) electrons. The lowest BCUT2D eigenvalue weighted by molar-refractivity contribution is 0.408. The molecule has 0 amide bonds. The lowest BCUT2D eigenvalue weighted by Gasteiger charge is -2.21. The number of rotatable bonds is 4. The van der Waals surface area contributed by atoms with Gasteiger partial charge in [0.15, 0.2) is 0 Å². The topological polar surface area (TPSA) is 49.9 Å². The van der Waals surface area contributed by atoms with E-state index in [4.69, 9.17) is 11.1 Å². The van der Waals surface area contributed by atoms with Crippen LogP contribution in [0.2, 0.25) is 0 Å².